The van der Waals surface area contributed by atoms with Crippen LogP contribution >= 0.6 is 24.8 Å². The summed E-state index contributed by atoms with van der Waals surface area (Å²) in [7, 11) is 0. The molecule has 0 bridgehead atoms. The topological polar surface area (TPSA) is 73.3 Å². The van der Waals surface area contributed by atoms with Crippen molar-refractivity contribution in [1.29, 1.82) is 5.41 Å². The lowest BCUT2D eigenvalue weighted by Gasteiger charge is -2.29. The van der Waals surface area contributed by atoms with Crippen LogP contribution in [0.5, 0.6) is 0 Å². The first-order chi connectivity index (χ1) is 8.15. The fraction of sp³-hybridized carbons (Fsp3) is 0.462. The zero-order valence-electron chi connectivity index (χ0n) is 10.7. The zero-order valence-corrected chi connectivity index (χ0v) is 12.3. The van der Waals surface area contributed by atoms with Crippen LogP contribution in [0.2, 0.25) is 0 Å². The standard InChI is InChI=1S/C13H19N3O.2ClH/c14-13(15)11-3-1-10(2-4-11)9-16-7-5-12(17)6-8-16;;/h1-4,12,17H,5-9H2,(H3,14,15);2*1H. The van der Waals surface area contributed by atoms with Gasteiger partial charge in [0.15, 0.2) is 0 Å². The van der Waals surface area contributed by atoms with Crippen molar-refractivity contribution in [2.24, 2.45) is 5.73 Å². The molecule has 1 heterocycles. The molecule has 1 aromatic carbocycles. The number of rotatable bonds is 3. The Morgan fingerprint density at radius 1 is 1.21 bits per heavy atom. The maximum Gasteiger partial charge on any atom is 0.122 e. The molecule has 1 saturated heterocycles. The molecule has 0 saturated carbocycles. The lowest BCUT2D eigenvalue weighted by Crippen LogP contribution is -2.35. The van der Waals surface area contributed by atoms with E-state index in [0.717, 1.165) is 38.0 Å². The quantitative estimate of drug-likeness (QED) is 0.588. The Labute approximate surface area is 126 Å². The molecule has 0 aliphatic carbocycles. The highest BCUT2D eigenvalue weighted by molar-refractivity contribution is 5.94. The van der Waals surface area contributed by atoms with Crippen LogP contribution in [0.15, 0.2) is 24.3 Å². The first-order valence-corrected chi connectivity index (χ1v) is 5.99. The Morgan fingerprint density at radius 3 is 2.21 bits per heavy atom. The predicted molar refractivity (Wildman–Crippen MR) is 82.5 cm³/mol. The summed E-state index contributed by atoms with van der Waals surface area (Å²) in [5, 5.41) is 16.7. The van der Waals surface area contributed by atoms with Gasteiger partial charge in [0.1, 0.15) is 5.84 Å². The number of aliphatic hydroxyl groups is 1. The third kappa shape index (κ3) is 5.37. The van der Waals surface area contributed by atoms with E-state index in [4.69, 9.17) is 11.1 Å². The van der Waals surface area contributed by atoms with Crippen molar-refractivity contribution >= 4 is 30.6 Å². The molecule has 19 heavy (non-hydrogen) atoms. The number of aliphatic hydroxyl groups excluding tert-OH is 1. The molecular formula is C13H21Cl2N3O. The van der Waals surface area contributed by atoms with Crippen molar-refractivity contribution in [3.05, 3.63) is 35.4 Å². The fourth-order valence-corrected chi connectivity index (χ4v) is 2.13. The lowest BCUT2D eigenvalue weighted by atomic mass is 10.1. The molecule has 1 aromatic rings. The SMILES string of the molecule is Cl.Cl.N=C(N)c1ccc(CN2CCC(O)CC2)cc1. The highest BCUT2D eigenvalue weighted by Gasteiger charge is 2.16. The smallest absolute Gasteiger partial charge is 0.122 e. The van der Waals surface area contributed by atoms with Gasteiger partial charge in [-0.3, -0.25) is 10.3 Å². The first-order valence-electron chi connectivity index (χ1n) is 5.99. The molecule has 4 nitrogen and oxygen atoms in total. The molecule has 0 atom stereocenters. The van der Waals surface area contributed by atoms with E-state index >= 15 is 0 Å². The number of hydrogen-bond donors (Lipinski definition) is 3. The largest absolute Gasteiger partial charge is 0.393 e. The van der Waals surface area contributed by atoms with Crippen molar-refractivity contribution < 1.29 is 5.11 Å². The molecule has 2 rings (SSSR count). The number of nitrogens with two attached hydrogens (primary N) is 1. The maximum absolute atomic E-state index is 9.43. The molecule has 0 radical (unpaired) electrons. The molecular weight excluding hydrogens is 285 g/mol. The van der Waals surface area contributed by atoms with E-state index < -0.39 is 0 Å². The van der Waals surface area contributed by atoms with Crippen LogP contribution in [0.4, 0.5) is 0 Å². The summed E-state index contributed by atoms with van der Waals surface area (Å²) in [6, 6.07) is 7.80. The predicted octanol–water partition coefficient (Wildman–Crippen LogP) is 1.77. The van der Waals surface area contributed by atoms with Gasteiger partial charge in [0.25, 0.3) is 0 Å². The van der Waals surface area contributed by atoms with E-state index in [1.54, 1.807) is 0 Å². The summed E-state index contributed by atoms with van der Waals surface area (Å²) in [6.45, 7) is 2.82. The number of nitrogens with one attached hydrogen (secondary N) is 1. The van der Waals surface area contributed by atoms with Crippen LogP contribution < -0.4 is 5.73 Å². The fourth-order valence-electron chi connectivity index (χ4n) is 2.13. The van der Waals surface area contributed by atoms with Crippen molar-refractivity contribution in [2.75, 3.05) is 13.1 Å². The second-order valence-corrected chi connectivity index (χ2v) is 4.62. The van der Waals surface area contributed by atoms with Crippen molar-refractivity contribution in [1.82, 2.24) is 4.90 Å². The lowest BCUT2D eigenvalue weighted by molar-refractivity contribution is 0.0792. The average molecular weight is 306 g/mol. The van der Waals surface area contributed by atoms with Crippen LogP contribution in [0.25, 0.3) is 0 Å². The Kier molecular flexibility index (Phi) is 8.02. The second-order valence-electron chi connectivity index (χ2n) is 4.62. The van der Waals surface area contributed by atoms with Crippen LogP contribution in [-0.4, -0.2) is 35.0 Å². The number of benzene rings is 1. The molecule has 0 unspecified atom stereocenters. The Hall–Kier alpha value is -0.810. The molecule has 4 N–H and O–H groups in total. The van der Waals surface area contributed by atoms with Gasteiger partial charge in [-0.05, 0) is 18.4 Å². The summed E-state index contributed by atoms with van der Waals surface area (Å²) in [5.74, 6) is 0.109. The summed E-state index contributed by atoms with van der Waals surface area (Å²) in [4.78, 5) is 2.34. The summed E-state index contributed by atoms with van der Waals surface area (Å²) in [6.07, 6.45) is 1.61. The minimum absolute atomic E-state index is 0. The number of halogens is 2. The van der Waals surface area contributed by atoms with Crippen molar-refractivity contribution in [3.8, 4) is 0 Å². The minimum atomic E-state index is -0.119. The van der Waals surface area contributed by atoms with Crippen LogP contribution in [0, 0.1) is 5.41 Å². The Morgan fingerprint density at radius 2 is 1.74 bits per heavy atom. The molecule has 1 aliphatic heterocycles. The average Bonchev–Trinajstić information content (AvgIpc) is 2.33. The first kappa shape index (κ1) is 18.2. The molecule has 0 aromatic heterocycles. The highest BCUT2D eigenvalue weighted by Crippen LogP contribution is 2.14. The molecule has 1 fully saturated rings. The molecule has 108 valence electrons. The van der Waals surface area contributed by atoms with Crippen molar-refractivity contribution in [2.45, 2.75) is 25.5 Å². The van der Waals surface area contributed by atoms with Gasteiger partial charge in [-0.1, -0.05) is 24.3 Å². The Balaban J connectivity index is 0.00000162. The highest BCUT2D eigenvalue weighted by atomic mass is 35.5. The van der Waals surface area contributed by atoms with Gasteiger partial charge in [0.05, 0.1) is 6.10 Å². The van der Waals surface area contributed by atoms with Gasteiger partial charge < -0.3 is 10.8 Å². The van der Waals surface area contributed by atoms with Gasteiger partial charge in [-0.15, -0.1) is 24.8 Å². The number of nitrogens with zero attached hydrogens (tertiary/aromatic N) is 1. The van der Waals surface area contributed by atoms with E-state index in [0.29, 0.717) is 0 Å². The molecule has 0 amide bonds. The summed E-state index contributed by atoms with van der Waals surface area (Å²) < 4.78 is 0. The van der Waals surface area contributed by atoms with E-state index in [2.05, 4.69) is 4.90 Å². The number of hydrogen-bond acceptors (Lipinski definition) is 3. The summed E-state index contributed by atoms with van der Waals surface area (Å²) in [5.41, 5.74) is 7.40. The number of amidine groups is 1. The van der Waals surface area contributed by atoms with E-state index in [1.165, 1.54) is 5.56 Å². The minimum Gasteiger partial charge on any atom is -0.393 e. The monoisotopic (exact) mass is 305 g/mol. The van der Waals surface area contributed by atoms with Gasteiger partial charge in [-0.25, -0.2) is 0 Å². The molecule has 1 aliphatic rings. The number of nitrogen functional groups attached to an aromatic ring is 1. The van der Waals surface area contributed by atoms with Gasteiger partial charge >= 0.3 is 0 Å². The number of likely N-dealkylation sites (tertiary alicyclic amines) is 1. The maximum atomic E-state index is 9.43. The van der Waals surface area contributed by atoms with Gasteiger partial charge in [0, 0.05) is 25.2 Å². The van der Waals surface area contributed by atoms with Gasteiger partial charge in [0.2, 0.25) is 0 Å². The molecule has 0 spiro atoms. The summed E-state index contributed by atoms with van der Waals surface area (Å²) >= 11 is 0. The molecule has 6 heteroatoms. The van der Waals surface area contributed by atoms with Gasteiger partial charge in [-0.2, -0.15) is 0 Å². The van der Waals surface area contributed by atoms with E-state index in [9.17, 15) is 5.11 Å². The van der Waals surface area contributed by atoms with Crippen LogP contribution in [0.1, 0.15) is 24.0 Å². The normalized spacial score (nSPS) is 16.3. The van der Waals surface area contributed by atoms with Crippen LogP contribution in [-0.2, 0) is 6.54 Å². The van der Waals surface area contributed by atoms with Crippen LogP contribution in [0.3, 0.4) is 0 Å². The number of piperidine rings is 1. The third-order valence-electron chi connectivity index (χ3n) is 3.23. The second kappa shape index (κ2) is 8.38. The zero-order chi connectivity index (χ0) is 12.3. The third-order valence-corrected chi connectivity index (χ3v) is 3.23. The van der Waals surface area contributed by atoms with E-state index in [-0.39, 0.29) is 36.8 Å². The Bertz CT molecular complexity index is 389. The van der Waals surface area contributed by atoms with Crippen molar-refractivity contribution in [3.63, 3.8) is 0 Å². The van der Waals surface area contributed by atoms with E-state index in [1.807, 2.05) is 24.3 Å².